The molecule has 9 N–H and O–H groups in total. The van der Waals surface area contributed by atoms with E-state index in [0.717, 1.165) is 85.1 Å². The molecule has 3 aliphatic heterocycles. The van der Waals surface area contributed by atoms with Gasteiger partial charge in [0.15, 0.2) is 0 Å². The molecule has 4 rings (SSSR count). The number of rotatable bonds is 3. The van der Waals surface area contributed by atoms with Crippen LogP contribution in [-0.4, -0.2) is 89.6 Å². The summed E-state index contributed by atoms with van der Waals surface area (Å²) in [6.07, 6.45) is 0. The van der Waals surface area contributed by atoms with E-state index >= 15 is 0 Å². The molecule has 8 nitrogen and oxygen atoms in total. The third-order valence-corrected chi connectivity index (χ3v) is 6.35. The van der Waals surface area contributed by atoms with Crippen LogP contribution < -0.4 is 43.0 Å². The molecule has 0 saturated carbocycles. The maximum atomic E-state index is 6.65. The van der Waals surface area contributed by atoms with Crippen molar-refractivity contribution in [3.63, 3.8) is 0 Å². The lowest BCUT2D eigenvalue weighted by molar-refractivity contribution is 0.270. The molecule has 4 heterocycles. The molecule has 2 bridgehead atoms. The Morgan fingerprint density at radius 2 is 1.25 bits per heavy atom. The highest BCUT2D eigenvalue weighted by Gasteiger charge is 2.30. The van der Waals surface area contributed by atoms with Crippen molar-refractivity contribution in [3.8, 4) is 0 Å². The van der Waals surface area contributed by atoms with Gasteiger partial charge in [0.2, 0.25) is 0 Å². The van der Waals surface area contributed by atoms with Gasteiger partial charge >= 0.3 is 0 Å². The van der Waals surface area contributed by atoms with E-state index in [4.69, 9.17) is 5.73 Å². The average molecular weight is 411 g/mol. The van der Waals surface area contributed by atoms with Gasteiger partial charge in [-0.1, -0.05) is 6.07 Å². The lowest BCUT2D eigenvalue weighted by Gasteiger charge is -2.37. The van der Waals surface area contributed by atoms with E-state index in [9.17, 15) is 0 Å². The van der Waals surface area contributed by atoms with Gasteiger partial charge in [0.1, 0.15) is 0 Å². The zero-order chi connectivity index (χ0) is 19.5. The lowest BCUT2D eigenvalue weighted by Crippen LogP contribution is -2.66. The first-order valence-corrected chi connectivity index (χ1v) is 11.4. The molecule has 0 atom stereocenters. The smallest absolute Gasteiger partial charge is 0.0561 e. The number of thiophene rings is 1. The molecular formula is C19H38N8S. The van der Waals surface area contributed by atoms with Crippen LogP contribution in [0.2, 0.25) is 0 Å². The summed E-state index contributed by atoms with van der Waals surface area (Å²) in [5.74, 6) is 0. The van der Waals surface area contributed by atoms with Crippen LogP contribution in [0.4, 0.5) is 0 Å². The quantitative estimate of drug-likeness (QED) is 0.285. The average Bonchev–Trinajstić information content (AvgIpc) is 3.21. The van der Waals surface area contributed by atoms with Gasteiger partial charge in [-0.15, -0.1) is 11.3 Å². The van der Waals surface area contributed by atoms with Gasteiger partial charge in [-0.25, -0.2) is 0 Å². The second-order valence-corrected chi connectivity index (χ2v) is 9.17. The van der Waals surface area contributed by atoms with Crippen LogP contribution in [0.1, 0.15) is 4.88 Å². The summed E-state index contributed by atoms with van der Waals surface area (Å²) in [4.78, 5) is 1.37. The fraction of sp³-hybridized carbons (Fsp3) is 0.789. The molecule has 0 aromatic carbocycles. The monoisotopic (exact) mass is 410 g/mol. The van der Waals surface area contributed by atoms with Gasteiger partial charge in [0.05, 0.1) is 11.1 Å². The standard InChI is InChI=1S/C19H38N8S/c20-18-11-21-3-6-24-14-19(15-25-7-4-22-12-18,16-26-8-5-23-13-18)27-10-17-2-1-9-28-17/h1-2,9,21-27H,3-8,10-16,20H2. The molecule has 3 fully saturated rings. The molecule has 0 amide bonds. The van der Waals surface area contributed by atoms with E-state index in [2.05, 4.69) is 54.7 Å². The summed E-state index contributed by atoms with van der Waals surface area (Å²) in [6.45, 7) is 11.6. The normalized spacial score (nSPS) is 31.9. The highest BCUT2D eigenvalue weighted by Crippen LogP contribution is 2.11. The third-order valence-electron chi connectivity index (χ3n) is 5.47. The highest BCUT2D eigenvalue weighted by molar-refractivity contribution is 7.09. The summed E-state index contributed by atoms with van der Waals surface area (Å²) < 4.78 is 0. The number of hydrogen-bond donors (Lipinski definition) is 8. The van der Waals surface area contributed by atoms with Crippen molar-refractivity contribution in [2.75, 3.05) is 78.5 Å². The molecule has 1 aromatic rings. The minimum atomic E-state index is -0.278. The Labute approximate surface area is 173 Å². The Bertz CT molecular complexity index is 494. The third kappa shape index (κ3) is 7.33. The van der Waals surface area contributed by atoms with Crippen LogP contribution in [0.3, 0.4) is 0 Å². The van der Waals surface area contributed by atoms with Gasteiger partial charge < -0.3 is 43.0 Å². The van der Waals surface area contributed by atoms with Crippen LogP contribution in [0.5, 0.6) is 0 Å². The number of fused-ring (bicyclic) bond motifs is 15. The molecule has 1 aromatic heterocycles. The molecule has 0 radical (unpaired) electrons. The highest BCUT2D eigenvalue weighted by atomic mass is 32.1. The Kier molecular flexibility index (Phi) is 9.09. The Balaban J connectivity index is 1.69. The molecular weight excluding hydrogens is 372 g/mol. The van der Waals surface area contributed by atoms with E-state index in [-0.39, 0.29) is 11.1 Å². The second kappa shape index (κ2) is 11.5. The predicted octanol–water partition coefficient (Wildman–Crippen LogP) is -2.16. The van der Waals surface area contributed by atoms with Crippen molar-refractivity contribution >= 4 is 11.3 Å². The first kappa shape index (κ1) is 22.1. The predicted molar refractivity (Wildman–Crippen MR) is 118 cm³/mol. The van der Waals surface area contributed by atoms with Crippen LogP contribution in [-0.2, 0) is 6.54 Å². The Morgan fingerprint density at radius 3 is 1.68 bits per heavy atom. The van der Waals surface area contributed by atoms with Crippen molar-refractivity contribution in [2.24, 2.45) is 5.73 Å². The van der Waals surface area contributed by atoms with E-state index in [1.165, 1.54) is 4.88 Å². The molecule has 0 aliphatic carbocycles. The zero-order valence-electron chi connectivity index (χ0n) is 16.9. The largest absolute Gasteiger partial charge is 0.322 e. The van der Waals surface area contributed by atoms with Gasteiger partial charge in [0, 0.05) is 90.0 Å². The lowest BCUT2D eigenvalue weighted by atomic mass is 9.97. The summed E-state index contributed by atoms with van der Waals surface area (Å²) in [6, 6.07) is 4.32. The molecule has 3 aliphatic rings. The number of hydrogen-bond acceptors (Lipinski definition) is 9. The second-order valence-electron chi connectivity index (χ2n) is 8.14. The van der Waals surface area contributed by atoms with E-state index in [0.29, 0.717) is 0 Å². The molecule has 3 saturated heterocycles. The van der Waals surface area contributed by atoms with Crippen LogP contribution in [0.15, 0.2) is 17.5 Å². The molecule has 0 unspecified atom stereocenters. The van der Waals surface area contributed by atoms with Crippen molar-refractivity contribution in [1.29, 1.82) is 0 Å². The van der Waals surface area contributed by atoms with Gasteiger partial charge in [0.25, 0.3) is 0 Å². The van der Waals surface area contributed by atoms with Gasteiger partial charge in [-0.05, 0) is 11.4 Å². The summed E-state index contributed by atoms with van der Waals surface area (Å²) in [7, 11) is 0. The minimum absolute atomic E-state index is 0.0458. The zero-order valence-corrected chi connectivity index (χ0v) is 17.7. The molecule has 0 spiro atoms. The number of nitrogens with two attached hydrogens (primary N) is 1. The summed E-state index contributed by atoms with van der Waals surface area (Å²) in [5, 5.41) is 27.6. The maximum absolute atomic E-state index is 6.65. The fourth-order valence-corrected chi connectivity index (χ4v) is 4.42. The van der Waals surface area contributed by atoms with Crippen molar-refractivity contribution in [2.45, 2.75) is 17.6 Å². The first-order chi connectivity index (χ1) is 13.7. The Morgan fingerprint density at radius 1 is 0.786 bits per heavy atom. The van der Waals surface area contributed by atoms with Crippen molar-refractivity contribution in [1.82, 2.24) is 37.2 Å². The topological polar surface area (TPSA) is 110 Å². The van der Waals surface area contributed by atoms with E-state index in [1.54, 1.807) is 0 Å². The Hall–Kier alpha value is -0.620. The van der Waals surface area contributed by atoms with Crippen LogP contribution in [0.25, 0.3) is 0 Å². The van der Waals surface area contributed by atoms with E-state index < -0.39 is 0 Å². The molecule has 28 heavy (non-hydrogen) atoms. The van der Waals surface area contributed by atoms with Gasteiger partial charge in [-0.3, -0.25) is 0 Å². The van der Waals surface area contributed by atoms with Crippen molar-refractivity contribution in [3.05, 3.63) is 22.4 Å². The summed E-state index contributed by atoms with van der Waals surface area (Å²) >= 11 is 1.81. The minimum Gasteiger partial charge on any atom is -0.322 e. The van der Waals surface area contributed by atoms with Crippen LogP contribution >= 0.6 is 11.3 Å². The number of nitrogens with one attached hydrogen (secondary N) is 7. The fourth-order valence-electron chi connectivity index (χ4n) is 3.78. The SMILES string of the molecule is NC12CNCCNCC(NCc3cccs3)(CNCCNC1)CNCCNC2. The molecule has 9 heteroatoms. The van der Waals surface area contributed by atoms with E-state index in [1.807, 2.05) is 11.3 Å². The van der Waals surface area contributed by atoms with Gasteiger partial charge in [-0.2, -0.15) is 0 Å². The summed E-state index contributed by atoms with van der Waals surface area (Å²) in [5.41, 5.74) is 6.33. The van der Waals surface area contributed by atoms with Crippen molar-refractivity contribution < 1.29 is 0 Å². The molecule has 160 valence electrons. The van der Waals surface area contributed by atoms with Crippen LogP contribution in [0, 0.1) is 0 Å². The first-order valence-electron chi connectivity index (χ1n) is 10.5. The maximum Gasteiger partial charge on any atom is 0.0561 e.